The van der Waals surface area contributed by atoms with Gasteiger partial charge >= 0.3 is 0 Å². The second-order valence-electron chi connectivity index (χ2n) is 6.93. The first-order valence-electron chi connectivity index (χ1n) is 8.80. The van der Waals surface area contributed by atoms with Gasteiger partial charge in [0, 0.05) is 24.9 Å². The highest BCUT2D eigenvalue weighted by Gasteiger charge is 2.24. The Hall–Kier alpha value is -2.34. The molecule has 0 spiro atoms. The lowest BCUT2D eigenvalue weighted by molar-refractivity contribution is -0.118. The van der Waals surface area contributed by atoms with Crippen LogP contribution in [0.25, 0.3) is 0 Å². The Kier molecular flexibility index (Phi) is 4.23. The molecule has 0 fully saturated rings. The van der Waals surface area contributed by atoms with Crippen molar-refractivity contribution >= 4 is 21.4 Å². The number of aryl methyl sites for hydroxylation is 1. The van der Waals surface area contributed by atoms with Gasteiger partial charge in [-0.05, 0) is 53.8 Å². The predicted molar refractivity (Wildman–Crippen MR) is 99.6 cm³/mol. The average Bonchev–Trinajstić information content (AvgIpc) is 3.07. The zero-order valence-corrected chi connectivity index (χ0v) is 15.5. The third kappa shape index (κ3) is 3.21. The number of sulfone groups is 1. The highest BCUT2D eigenvalue weighted by atomic mass is 32.2. The van der Waals surface area contributed by atoms with Gasteiger partial charge in [0.15, 0.2) is 9.84 Å². The number of rotatable bonds is 3. The maximum Gasteiger partial charge on any atom is 0.231 e. The molecule has 0 saturated carbocycles. The Labute approximate surface area is 153 Å². The van der Waals surface area contributed by atoms with E-state index < -0.39 is 9.84 Å². The molecule has 6 heteroatoms. The van der Waals surface area contributed by atoms with E-state index in [9.17, 15) is 13.2 Å². The number of fused-ring (bicyclic) bond motifs is 2. The molecule has 0 atom stereocenters. The van der Waals surface area contributed by atoms with E-state index in [0.29, 0.717) is 24.5 Å². The fraction of sp³-hybridized carbons (Fsp3) is 0.350. The topological polar surface area (TPSA) is 63.7 Å². The minimum Gasteiger partial charge on any atom is -0.493 e. The molecule has 2 aliphatic heterocycles. The number of hydrogen-bond donors (Lipinski definition) is 0. The first-order valence-corrected chi connectivity index (χ1v) is 10.7. The molecular formula is C20H21NO4S. The van der Waals surface area contributed by atoms with Crippen LogP contribution < -0.4 is 9.64 Å². The Bertz CT molecular complexity index is 981. The second kappa shape index (κ2) is 6.43. The number of amides is 1. The summed E-state index contributed by atoms with van der Waals surface area (Å²) in [7, 11) is -3.24. The third-order valence-corrected chi connectivity index (χ3v) is 6.12. The SMILES string of the molecule is CS(=O)(=O)c1ccc2c(c1)CCCN2C(=O)Cc1ccc2c(c1)CCO2. The monoisotopic (exact) mass is 371 g/mol. The first kappa shape index (κ1) is 17.1. The number of carbonyl (C=O) groups excluding carboxylic acids is 1. The molecule has 2 aliphatic rings. The molecule has 5 nitrogen and oxygen atoms in total. The van der Waals surface area contributed by atoms with Gasteiger partial charge in [0.2, 0.25) is 5.91 Å². The summed E-state index contributed by atoms with van der Waals surface area (Å²) in [6.07, 6.45) is 4.05. The van der Waals surface area contributed by atoms with E-state index in [0.717, 1.165) is 47.4 Å². The van der Waals surface area contributed by atoms with Gasteiger partial charge in [-0.25, -0.2) is 8.42 Å². The largest absolute Gasteiger partial charge is 0.493 e. The van der Waals surface area contributed by atoms with Gasteiger partial charge in [-0.1, -0.05) is 12.1 Å². The predicted octanol–water partition coefficient (Wildman–Crippen LogP) is 2.55. The van der Waals surface area contributed by atoms with Crippen LogP contribution in [0, 0.1) is 0 Å². The van der Waals surface area contributed by atoms with Crippen molar-refractivity contribution in [2.45, 2.75) is 30.6 Å². The Morgan fingerprint density at radius 2 is 1.96 bits per heavy atom. The smallest absolute Gasteiger partial charge is 0.231 e. The fourth-order valence-electron chi connectivity index (χ4n) is 3.68. The summed E-state index contributed by atoms with van der Waals surface area (Å²) < 4.78 is 29.1. The third-order valence-electron chi connectivity index (χ3n) is 5.01. The molecule has 0 bridgehead atoms. The highest BCUT2D eigenvalue weighted by molar-refractivity contribution is 7.90. The van der Waals surface area contributed by atoms with Crippen molar-refractivity contribution in [2.75, 3.05) is 24.3 Å². The molecule has 0 aliphatic carbocycles. The van der Waals surface area contributed by atoms with Crippen LogP contribution in [-0.4, -0.2) is 33.7 Å². The fourth-order valence-corrected chi connectivity index (χ4v) is 4.35. The standard InChI is InChI=1S/C20H21NO4S/c1-26(23,24)17-5-6-18-15(13-17)3-2-9-21(18)20(22)12-14-4-7-19-16(11-14)8-10-25-19/h4-7,11,13H,2-3,8-10,12H2,1H3. The number of benzene rings is 2. The van der Waals surface area contributed by atoms with Crippen LogP contribution in [0.4, 0.5) is 5.69 Å². The van der Waals surface area contributed by atoms with E-state index >= 15 is 0 Å². The minimum atomic E-state index is -3.24. The quantitative estimate of drug-likeness (QED) is 0.832. The van der Waals surface area contributed by atoms with Gasteiger partial charge < -0.3 is 9.64 Å². The summed E-state index contributed by atoms with van der Waals surface area (Å²) in [6.45, 7) is 1.37. The summed E-state index contributed by atoms with van der Waals surface area (Å²) in [5.74, 6) is 0.953. The van der Waals surface area contributed by atoms with Crippen LogP contribution in [0.15, 0.2) is 41.3 Å². The molecule has 1 amide bonds. The average molecular weight is 371 g/mol. The molecule has 0 N–H and O–H groups in total. The highest BCUT2D eigenvalue weighted by Crippen LogP contribution is 2.31. The van der Waals surface area contributed by atoms with Gasteiger partial charge in [-0.2, -0.15) is 0 Å². The van der Waals surface area contributed by atoms with Crippen LogP contribution in [-0.2, 0) is 33.9 Å². The molecule has 4 rings (SSSR count). The van der Waals surface area contributed by atoms with Crippen molar-refractivity contribution in [2.24, 2.45) is 0 Å². The zero-order chi connectivity index (χ0) is 18.3. The van der Waals surface area contributed by atoms with Gasteiger partial charge in [-0.15, -0.1) is 0 Å². The van der Waals surface area contributed by atoms with E-state index in [-0.39, 0.29) is 5.91 Å². The van der Waals surface area contributed by atoms with Crippen LogP contribution >= 0.6 is 0 Å². The molecule has 0 aromatic heterocycles. The number of carbonyl (C=O) groups is 1. The number of anilines is 1. The summed E-state index contributed by atoms with van der Waals surface area (Å²) in [5, 5.41) is 0. The lowest BCUT2D eigenvalue weighted by Gasteiger charge is -2.30. The van der Waals surface area contributed by atoms with Crippen molar-refractivity contribution < 1.29 is 17.9 Å². The van der Waals surface area contributed by atoms with E-state index in [1.165, 1.54) is 6.26 Å². The maximum absolute atomic E-state index is 12.9. The first-order chi connectivity index (χ1) is 12.4. The Balaban J connectivity index is 1.58. The van der Waals surface area contributed by atoms with Crippen LogP contribution in [0.2, 0.25) is 0 Å². The van der Waals surface area contributed by atoms with Gasteiger partial charge in [-0.3, -0.25) is 4.79 Å². The van der Waals surface area contributed by atoms with E-state index in [2.05, 4.69) is 6.07 Å². The molecular weight excluding hydrogens is 350 g/mol. The molecule has 2 aromatic rings. The van der Waals surface area contributed by atoms with Crippen molar-refractivity contribution in [3.8, 4) is 5.75 Å². The molecule has 136 valence electrons. The van der Waals surface area contributed by atoms with Crippen molar-refractivity contribution in [3.63, 3.8) is 0 Å². The molecule has 0 unspecified atom stereocenters. The molecule has 26 heavy (non-hydrogen) atoms. The van der Waals surface area contributed by atoms with Crippen molar-refractivity contribution in [1.82, 2.24) is 0 Å². The van der Waals surface area contributed by atoms with E-state index in [1.807, 2.05) is 12.1 Å². The van der Waals surface area contributed by atoms with E-state index in [4.69, 9.17) is 4.74 Å². The summed E-state index contributed by atoms with van der Waals surface area (Å²) in [5.41, 5.74) is 3.90. The van der Waals surface area contributed by atoms with Crippen LogP contribution in [0.1, 0.15) is 23.1 Å². The second-order valence-corrected chi connectivity index (χ2v) is 8.94. The molecule has 2 aromatic carbocycles. The number of hydrogen-bond acceptors (Lipinski definition) is 4. The lowest BCUT2D eigenvalue weighted by Crippen LogP contribution is -2.36. The normalized spacial score (nSPS) is 16.0. The molecule has 0 radical (unpaired) electrons. The van der Waals surface area contributed by atoms with Crippen LogP contribution in [0.3, 0.4) is 0 Å². The van der Waals surface area contributed by atoms with Gasteiger partial charge in [0.25, 0.3) is 0 Å². The van der Waals surface area contributed by atoms with Gasteiger partial charge in [0.1, 0.15) is 5.75 Å². The molecule has 2 heterocycles. The van der Waals surface area contributed by atoms with Crippen LogP contribution in [0.5, 0.6) is 5.75 Å². The molecule has 0 saturated heterocycles. The zero-order valence-electron chi connectivity index (χ0n) is 14.7. The summed E-state index contributed by atoms with van der Waals surface area (Å²) >= 11 is 0. The number of nitrogens with zero attached hydrogens (tertiary/aromatic N) is 1. The lowest BCUT2D eigenvalue weighted by atomic mass is 10.00. The van der Waals surface area contributed by atoms with Crippen molar-refractivity contribution in [3.05, 3.63) is 53.1 Å². The Morgan fingerprint density at radius 1 is 1.12 bits per heavy atom. The van der Waals surface area contributed by atoms with E-state index in [1.54, 1.807) is 23.1 Å². The number of ether oxygens (including phenoxy) is 1. The Morgan fingerprint density at radius 3 is 2.77 bits per heavy atom. The minimum absolute atomic E-state index is 0.0388. The maximum atomic E-state index is 12.9. The summed E-state index contributed by atoms with van der Waals surface area (Å²) in [4.78, 5) is 15.0. The summed E-state index contributed by atoms with van der Waals surface area (Å²) in [6, 6.07) is 11.0. The van der Waals surface area contributed by atoms with Crippen molar-refractivity contribution in [1.29, 1.82) is 0 Å². The van der Waals surface area contributed by atoms with Gasteiger partial charge in [0.05, 0.1) is 17.9 Å².